The lowest BCUT2D eigenvalue weighted by atomic mass is 9.82. The standard InChI is InChI=1S/C30H39N7O4S/c31-30(32)34-21-9-6-20(7-10-21)16-23(27(40)29-33-14-15-42-29)35-28(41)24-12-11-22-17-36(18-26(39)37(22)24)25(38)13-8-19-4-2-1-3-5-19/h1-5,14-15,20-24H,6-13,16-18H2,(H,35,41)(H4,31,32,34). The Labute approximate surface area is 249 Å². The van der Waals surface area contributed by atoms with E-state index in [0.29, 0.717) is 43.7 Å². The van der Waals surface area contributed by atoms with Crippen molar-refractivity contribution in [3.05, 3.63) is 52.5 Å². The molecule has 42 heavy (non-hydrogen) atoms. The van der Waals surface area contributed by atoms with E-state index in [4.69, 9.17) is 11.5 Å². The van der Waals surface area contributed by atoms with Crippen molar-refractivity contribution in [1.82, 2.24) is 20.1 Å². The second-order valence-corrected chi connectivity index (χ2v) is 12.4. The minimum Gasteiger partial charge on any atom is -0.370 e. The van der Waals surface area contributed by atoms with Gasteiger partial charge in [-0.15, -0.1) is 11.3 Å². The summed E-state index contributed by atoms with van der Waals surface area (Å²) in [7, 11) is 0. The first-order valence-corrected chi connectivity index (χ1v) is 15.6. The van der Waals surface area contributed by atoms with Gasteiger partial charge in [-0.1, -0.05) is 30.3 Å². The fourth-order valence-corrected chi connectivity index (χ4v) is 7.18. The van der Waals surface area contributed by atoms with E-state index < -0.39 is 12.1 Å². The number of nitrogens with one attached hydrogen (secondary N) is 1. The molecule has 1 aromatic heterocycles. The highest BCUT2D eigenvalue weighted by Gasteiger charge is 2.46. The number of thiazole rings is 1. The number of hydrogen-bond donors (Lipinski definition) is 3. The van der Waals surface area contributed by atoms with E-state index in [-0.39, 0.29) is 54.0 Å². The summed E-state index contributed by atoms with van der Waals surface area (Å²) >= 11 is 1.25. The molecule has 2 saturated heterocycles. The van der Waals surface area contributed by atoms with Crippen molar-refractivity contribution in [2.75, 3.05) is 13.1 Å². The van der Waals surface area contributed by atoms with Crippen LogP contribution in [0.3, 0.4) is 0 Å². The summed E-state index contributed by atoms with van der Waals surface area (Å²) in [4.78, 5) is 65.0. The van der Waals surface area contributed by atoms with Crippen LogP contribution in [0.1, 0.15) is 66.7 Å². The van der Waals surface area contributed by atoms with E-state index in [1.807, 2.05) is 30.3 Å². The SMILES string of the molecule is NC(N)=NC1CCC(CC(NC(=O)C2CCC3CN(C(=O)CCc4ccccc4)CC(=O)N32)C(=O)c2nccs2)CC1. The van der Waals surface area contributed by atoms with Crippen LogP contribution in [-0.4, -0.2) is 81.5 Å². The van der Waals surface area contributed by atoms with Crippen LogP contribution < -0.4 is 16.8 Å². The van der Waals surface area contributed by atoms with Crippen molar-refractivity contribution >= 4 is 40.8 Å². The number of nitrogens with two attached hydrogens (primary N) is 2. The molecule has 0 radical (unpaired) electrons. The number of carbonyl (C=O) groups excluding carboxylic acids is 4. The molecule has 12 heteroatoms. The van der Waals surface area contributed by atoms with Gasteiger partial charge in [-0.2, -0.15) is 0 Å². The van der Waals surface area contributed by atoms with Gasteiger partial charge in [0, 0.05) is 24.5 Å². The Hall–Kier alpha value is -3.80. The number of rotatable bonds is 10. The quantitative estimate of drug-likeness (QED) is 0.215. The molecule has 1 saturated carbocycles. The van der Waals surface area contributed by atoms with Crippen LogP contribution in [0.5, 0.6) is 0 Å². The molecule has 1 aliphatic carbocycles. The average Bonchev–Trinajstić information content (AvgIpc) is 3.67. The highest BCUT2D eigenvalue weighted by molar-refractivity contribution is 7.11. The Morgan fingerprint density at radius 3 is 2.52 bits per heavy atom. The van der Waals surface area contributed by atoms with Gasteiger partial charge in [-0.3, -0.25) is 24.2 Å². The Kier molecular flexibility index (Phi) is 9.51. The Morgan fingerprint density at radius 2 is 1.83 bits per heavy atom. The van der Waals surface area contributed by atoms with Crippen LogP contribution in [0, 0.1) is 5.92 Å². The van der Waals surface area contributed by atoms with Crippen LogP contribution >= 0.6 is 11.3 Å². The third-order valence-electron chi connectivity index (χ3n) is 8.67. The number of amides is 3. The maximum Gasteiger partial charge on any atom is 0.243 e. The van der Waals surface area contributed by atoms with Gasteiger partial charge in [-0.25, -0.2) is 4.98 Å². The van der Waals surface area contributed by atoms with Crippen LogP contribution in [-0.2, 0) is 20.8 Å². The van der Waals surface area contributed by atoms with E-state index in [1.54, 1.807) is 21.4 Å². The summed E-state index contributed by atoms with van der Waals surface area (Å²) in [6.07, 6.45) is 7.50. The number of ketones is 1. The summed E-state index contributed by atoms with van der Waals surface area (Å²) in [5.41, 5.74) is 12.2. The van der Waals surface area contributed by atoms with Gasteiger partial charge >= 0.3 is 0 Å². The number of benzene rings is 1. The van der Waals surface area contributed by atoms with Gasteiger partial charge in [-0.05, 0) is 62.8 Å². The minimum atomic E-state index is -0.733. The Bertz CT molecular complexity index is 1290. The highest BCUT2D eigenvalue weighted by Crippen LogP contribution is 2.32. The van der Waals surface area contributed by atoms with E-state index >= 15 is 0 Å². The summed E-state index contributed by atoms with van der Waals surface area (Å²) in [6.45, 7) is 0.387. The molecule has 3 heterocycles. The number of aliphatic imine (C=N–C) groups is 1. The molecule has 3 unspecified atom stereocenters. The molecule has 3 aliphatic rings. The molecule has 2 aromatic rings. The number of fused-ring (bicyclic) bond motifs is 1. The maximum absolute atomic E-state index is 13.6. The van der Waals surface area contributed by atoms with Crippen molar-refractivity contribution in [2.24, 2.45) is 22.4 Å². The van der Waals surface area contributed by atoms with Crippen LogP contribution in [0.2, 0.25) is 0 Å². The van der Waals surface area contributed by atoms with Gasteiger partial charge in [0.2, 0.25) is 23.5 Å². The minimum absolute atomic E-state index is 0.0333. The summed E-state index contributed by atoms with van der Waals surface area (Å²) < 4.78 is 0. The second-order valence-electron chi connectivity index (χ2n) is 11.5. The maximum atomic E-state index is 13.6. The zero-order chi connectivity index (χ0) is 29.6. The van der Waals surface area contributed by atoms with Crippen molar-refractivity contribution in [1.29, 1.82) is 0 Å². The van der Waals surface area contributed by atoms with Crippen molar-refractivity contribution in [3.63, 3.8) is 0 Å². The molecule has 2 aliphatic heterocycles. The molecule has 3 atom stereocenters. The van der Waals surface area contributed by atoms with Gasteiger partial charge in [0.05, 0.1) is 24.7 Å². The lowest BCUT2D eigenvalue weighted by Gasteiger charge is -2.39. The molecule has 0 bridgehead atoms. The zero-order valence-corrected chi connectivity index (χ0v) is 24.5. The average molecular weight is 594 g/mol. The largest absolute Gasteiger partial charge is 0.370 e. The first-order chi connectivity index (χ1) is 20.3. The Morgan fingerprint density at radius 1 is 1.07 bits per heavy atom. The number of nitrogens with zero attached hydrogens (tertiary/aromatic N) is 4. The van der Waals surface area contributed by atoms with E-state index in [0.717, 1.165) is 31.2 Å². The van der Waals surface area contributed by atoms with Crippen molar-refractivity contribution < 1.29 is 19.2 Å². The van der Waals surface area contributed by atoms with Gasteiger partial charge < -0.3 is 26.6 Å². The topological polar surface area (TPSA) is 164 Å². The van der Waals surface area contributed by atoms with E-state index in [9.17, 15) is 19.2 Å². The number of piperazine rings is 1. The highest BCUT2D eigenvalue weighted by atomic mass is 32.1. The summed E-state index contributed by atoms with van der Waals surface area (Å²) in [6, 6.07) is 8.29. The predicted octanol–water partition coefficient (Wildman–Crippen LogP) is 1.87. The fraction of sp³-hybridized carbons (Fsp3) is 0.533. The molecule has 1 aromatic carbocycles. The van der Waals surface area contributed by atoms with Crippen molar-refractivity contribution in [2.45, 2.75) is 82.0 Å². The predicted molar refractivity (Wildman–Crippen MR) is 160 cm³/mol. The monoisotopic (exact) mass is 593 g/mol. The van der Waals surface area contributed by atoms with Gasteiger partial charge in [0.1, 0.15) is 6.04 Å². The smallest absolute Gasteiger partial charge is 0.243 e. The lowest BCUT2D eigenvalue weighted by Crippen LogP contribution is -2.60. The van der Waals surface area contributed by atoms with Crippen molar-refractivity contribution in [3.8, 4) is 0 Å². The third-order valence-corrected chi connectivity index (χ3v) is 9.45. The number of aryl methyl sites for hydroxylation is 1. The molecule has 11 nitrogen and oxygen atoms in total. The first-order valence-electron chi connectivity index (χ1n) is 14.7. The van der Waals surface area contributed by atoms with E-state index in [1.165, 1.54) is 11.3 Å². The lowest BCUT2D eigenvalue weighted by molar-refractivity contribution is -0.151. The number of aromatic nitrogens is 1. The molecule has 5 N–H and O–H groups in total. The van der Waals surface area contributed by atoms with Crippen LogP contribution in [0.4, 0.5) is 0 Å². The van der Waals surface area contributed by atoms with Gasteiger partial charge in [0.25, 0.3) is 0 Å². The molecule has 3 fully saturated rings. The summed E-state index contributed by atoms with van der Waals surface area (Å²) in [5, 5.41) is 5.10. The molecule has 0 spiro atoms. The molecule has 224 valence electrons. The number of hydrogen-bond acceptors (Lipinski definition) is 7. The number of carbonyl (C=O) groups is 4. The molecule has 5 rings (SSSR count). The summed E-state index contributed by atoms with van der Waals surface area (Å²) in [5.74, 6) is -0.489. The number of Topliss-reactive ketones (excluding diaryl/α,β-unsaturated/α-hetero) is 1. The molecular formula is C30H39N7O4S. The van der Waals surface area contributed by atoms with Crippen LogP contribution in [0.15, 0.2) is 46.9 Å². The molecule has 3 amide bonds. The molecular weight excluding hydrogens is 554 g/mol. The third kappa shape index (κ3) is 7.15. The van der Waals surface area contributed by atoms with Crippen LogP contribution in [0.25, 0.3) is 0 Å². The van der Waals surface area contributed by atoms with E-state index in [2.05, 4.69) is 15.3 Å². The second kappa shape index (κ2) is 13.5. The number of guanidine groups is 1. The fourth-order valence-electron chi connectivity index (χ4n) is 6.55. The van der Waals surface area contributed by atoms with Gasteiger partial charge in [0.15, 0.2) is 11.0 Å². The first kappa shape index (κ1) is 29.7. The normalized spacial score (nSPS) is 24.5. The Balaban J connectivity index is 1.20. The zero-order valence-electron chi connectivity index (χ0n) is 23.7.